The Labute approximate surface area is 131 Å². The highest BCUT2D eigenvalue weighted by Crippen LogP contribution is 2.37. The van der Waals surface area contributed by atoms with Gasteiger partial charge in [-0.2, -0.15) is 17.5 Å². The molecule has 0 radical (unpaired) electrons. The number of rotatable bonds is 4. The van der Waals surface area contributed by atoms with E-state index in [9.17, 15) is 21.6 Å². The van der Waals surface area contributed by atoms with Crippen LogP contribution in [0.25, 0.3) is 0 Å². The van der Waals surface area contributed by atoms with Gasteiger partial charge in [0.2, 0.25) is 10.0 Å². The second-order valence-corrected chi connectivity index (χ2v) is 8.10. The van der Waals surface area contributed by atoms with Gasteiger partial charge >= 0.3 is 6.18 Å². The highest BCUT2D eigenvalue weighted by atomic mass is 79.9. The molecule has 0 atom stereocenters. The third-order valence-corrected chi connectivity index (χ3v) is 6.15. The molecule has 3 nitrogen and oxygen atoms in total. The van der Waals surface area contributed by atoms with Gasteiger partial charge in [-0.15, -0.1) is 0 Å². The summed E-state index contributed by atoms with van der Waals surface area (Å²) in [5.41, 5.74) is 0. The van der Waals surface area contributed by atoms with Crippen LogP contribution in [0.5, 0.6) is 0 Å². The van der Waals surface area contributed by atoms with Crippen LogP contribution in [-0.4, -0.2) is 31.5 Å². The van der Waals surface area contributed by atoms with Crippen molar-refractivity contribution >= 4 is 41.9 Å². The van der Waals surface area contributed by atoms with E-state index in [0.717, 1.165) is 0 Å². The molecule has 0 spiro atoms. The first-order valence-corrected chi connectivity index (χ1v) is 8.67. The first-order valence-electron chi connectivity index (χ1n) is 5.65. The van der Waals surface area contributed by atoms with Crippen LogP contribution >= 0.6 is 31.9 Å². The monoisotopic (exact) mass is 435 g/mol. The molecule has 2 rings (SSSR count). The number of hydrogen-bond donors (Lipinski definition) is 0. The number of hydrogen-bond acceptors (Lipinski definition) is 2. The molecule has 20 heavy (non-hydrogen) atoms. The van der Waals surface area contributed by atoms with Gasteiger partial charge in [0, 0.05) is 15.0 Å². The van der Waals surface area contributed by atoms with Gasteiger partial charge in [-0.3, -0.25) is 0 Å². The summed E-state index contributed by atoms with van der Waals surface area (Å²) in [5, 5.41) is 0. The van der Waals surface area contributed by atoms with Crippen LogP contribution in [0.3, 0.4) is 0 Å². The standard InChI is InChI=1S/C11H10Br2F3NO2S/c12-7-1-4-9(13)10(5-7)20(18,19)17(8-2-3-8)6-11(14,15)16/h1,4-5,8H,2-3,6H2. The van der Waals surface area contributed by atoms with Gasteiger partial charge in [0.15, 0.2) is 0 Å². The second-order valence-electron chi connectivity index (χ2n) is 4.47. The summed E-state index contributed by atoms with van der Waals surface area (Å²) in [6.45, 7) is -1.46. The molecule has 1 saturated carbocycles. The van der Waals surface area contributed by atoms with Crippen LogP contribution in [0, 0.1) is 0 Å². The van der Waals surface area contributed by atoms with Crippen molar-refractivity contribution in [3.8, 4) is 0 Å². The van der Waals surface area contributed by atoms with Crippen LogP contribution in [0.1, 0.15) is 12.8 Å². The van der Waals surface area contributed by atoms with E-state index >= 15 is 0 Å². The maximum atomic E-state index is 12.6. The molecule has 1 aromatic rings. The number of alkyl halides is 3. The lowest BCUT2D eigenvalue weighted by Gasteiger charge is -2.23. The Balaban J connectivity index is 2.43. The van der Waals surface area contributed by atoms with Gasteiger partial charge in [-0.25, -0.2) is 8.42 Å². The van der Waals surface area contributed by atoms with Crippen LogP contribution in [0.15, 0.2) is 32.0 Å². The quantitative estimate of drug-likeness (QED) is 0.717. The Morgan fingerprint density at radius 3 is 2.35 bits per heavy atom. The minimum Gasteiger partial charge on any atom is -0.207 e. The van der Waals surface area contributed by atoms with Crippen molar-refractivity contribution in [2.24, 2.45) is 0 Å². The smallest absolute Gasteiger partial charge is 0.207 e. The van der Waals surface area contributed by atoms with Gasteiger partial charge in [-0.05, 0) is 47.0 Å². The van der Waals surface area contributed by atoms with E-state index in [1.807, 2.05) is 0 Å². The van der Waals surface area contributed by atoms with E-state index in [0.29, 0.717) is 21.6 Å². The zero-order valence-corrected chi connectivity index (χ0v) is 14.0. The number of benzene rings is 1. The first-order chi connectivity index (χ1) is 9.11. The lowest BCUT2D eigenvalue weighted by molar-refractivity contribution is -0.137. The second kappa shape index (κ2) is 5.58. The lowest BCUT2D eigenvalue weighted by atomic mass is 10.4. The predicted molar refractivity (Wildman–Crippen MR) is 74.8 cm³/mol. The minimum absolute atomic E-state index is 0.164. The fourth-order valence-electron chi connectivity index (χ4n) is 1.75. The minimum atomic E-state index is -4.56. The zero-order valence-electron chi connectivity index (χ0n) is 9.99. The fourth-order valence-corrected chi connectivity index (χ4v) is 4.89. The normalized spacial score (nSPS) is 16.7. The summed E-state index contributed by atoms with van der Waals surface area (Å²) in [6.07, 6.45) is -3.64. The summed E-state index contributed by atoms with van der Waals surface area (Å²) in [6, 6.07) is 3.82. The molecule has 0 amide bonds. The summed E-state index contributed by atoms with van der Waals surface area (Å²) in [7, 11) is -4.19. The van der Waals surface area contributed by atoms with Gasteiger partial charge in [0.1, 0.15) is 6.54 Å². The topological polar surface area (TPSA) is 37.4 Å². The molecule has 0 bridgehead atoms. The third-order valence-electron chi connectivity index (χ3n) is 2.77. The summed E-state index contributed by atoms with van der Waals surface area (Å²) in [4.78, 5) is -0.164. The molecule has 1 aliphatic rings. The van der Waals surface area contributed by atoms with Crippen molar-refractivity contribution in [1.29, 1.82) is 0 Å². The Bertz CT molecular complexity index is 615. The molecule has 1 aliphatic carbocycles. The molecule has 112 valence electrons. The average Bonchev–Trinajstić information content (AvgIpc) is 3.12. The van der Waals surface area contributed by atoms with Gasteiger partial charge in [0.05, 0.1) is 4.90 Å². The maximum absolute atomic E-state index is 12.6. The summed E-state index contributed by atoms with van der Waals surface area (Å²) < 4.78 is 63.9. The van der Waals surface area contributed by atoms with E-state index in [-0.39, 0.29) is 9.37 Å². The van der Waals surface area contributed by atoms with Crippen molar-refractivity contribution in [2.75, 3.05) is 6.54 Å². The highest BCUT2D eigenvalue weighted by molar-refractivity contribution is 9.11. The van der Waals surface area contributed by atoms with Crippen LogP contribution < -0.4 is 0 Å². The van der Waals surface area contributed by atoms with Gasteiger partial charge < -0.3 is 0 Å². The number of halogens is 5. The molecular weight excluding hydrogens is 427 g/mol. The van der Waals surface area contributed by atoms with E-state index in [1.54, 1.807) is 6.07 Å². The molecule has 1 aromatic carbocycles. The molecule has 0 unspecified atom stereocenters. The van der Waals surface area contributed by atoms with Crippen molar-refractivity contribution in [3.63, 3.8) is 0 Å². The van der Waals surface area contributed by atoms with Crippen LogP contribution in [-0.2, 0) is 10.0 Å². The fraction of sp³-hybridized carbons (Fsp3) is 0.455. The Hall–Kier alpha value is -0.120. The largest absolute Gasteiger partial charge is 0.402 e. The molecule has 9 heteroatoms. The van der Waals surface area contributed by atoms with Crippen molar-refractivity contribution in [1.82, 2.24) is 4.31 Å². The molecule has 0 aliphatic heterocycles. The van der Waals surface area contributed by atoms with Gasteiger partial charge in [0.25, 0.3) is 0 Å². The maximum Gasteiger partial charge on any atom is 0.402 e. The van der Waals surface area contributed by atoms with Gasteiger partial charge in [-0.1, -0.05) is 15.9 Å². The molecule has 0 N–H and O–H groups in total. The van der Waals surface area contributed by atoms with Crippen molar-refractivity contribution in [2.45, 2.75) is 30.0 Å². The predicted octanol–water partition coefficient (Wildman–Crippen LogP) is 3.93. The third kappa shape index (κ3) is 3.75. The Kier molecular flexibility index (Phi) is 4.54. The van der Waals surface area contributed by atoms with Crippen molar-refractivity contribution < 1.29 is 21.6 Å². The van der Waals surface area contributed by atoms with Crippen LogP contribution in [0.2, 0.25) is 0 Å². The molecule has 0 saturated heterocycles. The molecule has 1 fully saturated rings. The van der Waals surface area contributed by atoms with E-state index in [2.05, 4.69) is 31.9 Å². The van der Waals surface area contributed by atoms with E-state index in [4.69, 9.17) is 0 Å². The SMILES string of the molecule is O=S(=O)(c1cc(Br)ccc1Br)N(CC(F)(F)F)C1CC1. The zero-order chi connectivity index (χ0) is 15.1. The van der Waals surface area contributed by atoms with Crippen LogP contribution in [0.4, 0.5) is 13.2 Å². The highest BCUT2D eigenvalue weighted by Gasteiger charge is 2.45. The number of nitrogens with zero attached hydrogens (tertiary/aromatic N) is 1. The summed E-state index contributed by atoms with van der Waals surface area (Å²) >= 11 is 6.20. The molecular formula is C11H10Br2F3NO2S. The summed E-state index contributed by atoms with van der Waals surface area (Å²) in [5.74, 6) is 0. The molecule has 0 aromatic heterocycles. The molecule has 0 heterocycles. The average molecular weight is 437 g/mol. The Morgan fingerprint density at radius 1 is 1.25 bits per heavy atom. The van der Waals surface area contributed by atoms with E-state index < -0.39 is 28.8 Å². The first kappa shape index (κ1) is 16.3. The van der Waals surface area contributed by atoms with E-state index in [1.165, 1.54) is 12.1 Å². The lowest BCUT2D eigenvalue weighted by Crippen LogP contribution is -2.40. The Morgan fingerprint density at radius 2 is 1.85 bits per heavy atom. The number of sulfonamides is 1. The van der Waals surface area contributed by atoms with Crippen molar-refractivity contribution in [3.05, 3.63) is 27.1 Å².